The molecule has 2 saturated heterocycles. The Labute approximate surface area is 156 Å². The van der Waals surface area contributed by atoms with Crippen molar-refractivity contribution in [3.63, 3.8) is 0 Å². The van der Waals surface area contributed by atoms with Gasteiger partial charge in [0.25, 0.3) is 0 Å². The van der Waals surface area contributed by atoms with E-state index in [9.17, 15) is 4.79 Å². The fourth-order valence-electron chi connectivity index (χ4n) is 3.30. The summed E-state index contributed by atoms with van der Waals surface area (Å²) in [6.07, 6.45) is 5.59. The minimum atomic E-state index is -0.452. The molecule has 7 nitrogen and oxygen atoms in total. The van der Waals surface area contributed by atoms with Gasteiger partial charge in [0.1, 0.15) is 0 Å². The van der Waals surface area contributed by atoms with Crippen LogP contribution in [0.3, 0.4) is 0 Å². The second kappa shape index (κ2) is 6.81. The molecule has 3 rings (SSSR count). The van der Waals surface area contributed by atoms with Crippen molar-refractivity contribution >= 4 is 24.4 Å². The first kappa shape index (κ1) is 19.1. The maximum absolute atomic E-state index is 11.6. The molecule has 26 heavy (non-hydrogen) atoms. The number of nitrogens with zero attached hydrogens (tertiary/aromatic N) is 4. The molecule has 1 aromatic rings. The van der Waals surface area contributed by atoms with Gasteiger partial charge in [-0.2, -0.15) is 0 Å². The quantitative estimate of drug-likeness (QED) is 0.756. The molecular weight excluding hydrogens is 331 g/mol. The zero-order valence-electron chi connectivity index (χ0n) is 16.7. The average molecular weight is 360 g/mol. The van der Waals surface area contributed by atoms with Gasteiger partial charge in [-0.1, -0.05) is 0 Å². The van der Waals surface area contributed by atoms with Gasteiger partial charge in [0.2, 0.25) is 11.9 Å². The highest BCUT2D eigenvalue weighted by Crippen LogP contribution is 2.36. The molecule has 0 aromatic carbocycles. The lowest BCUT2D eigenvalue weighted by Gasteiger charge is -2.37. The van der Waals surface area contributed by atoms with Gasteiger partial charge in [0.15, 0.2) is 0 Å². The van der Waals surface area contributed by atoms with Crippen LogP contribution in [0.15, 0.2) is 12.4 Å². The zero-order valence-corrected chi connectivity index (χ0v) is 16.7. The van der Waals surface area contributed by atoms with E-state index in [1.165, 1.54) is 0 Å². The van der Waals surface area contributed by atoms with Crippen molar-refractivity contribution in [2.24, 2.45) is 0 Å². The fraction of sp³-hybridized carbons (Fsp3) is 0.722. The summed E-state index contributed by atoms with van der Waals surface area (Å²) in [7, 11) is 1.41. The number of piperidine rings is 1. The molecule has 0 spiro atoms. The van der Waals surface area contributed by atoms with E-state index in [1.54, 1.807) is 19.3 Å². The molecule has 3 heterocycles. The highest BCUT2D eigenvalue weighted by molar-refractivity contribution is 6.61. The summed E-state index contributed by atoms with van der Waals surface area (Å²) < 4.78 is 12.1. The van der Waals surface area contributed by atoms with Gasteiger partial charge in [0, 0.05) is 51.0 Å². The topological polar surface area (TPSA) is 67.8 Å². The van der Waals surface area contributed by atoms with E-state index in [0.717, 1.165) is 31.4 Å². The molecule has 0 saturated carbocycles. The molecule has 2 aliphatic rings. The first-order valence-corrected chi connectivity index (χ1v) is 9.26. The van der Waals surface area contributed by atoms with E-state index in [1.807, 2.05) is 39.6 Å². The third kappa shape index (κ3) is 3.57. The van der Waals surface area contributed by atoms with Gasteiger partial charge in [0.05, 0.1) is 11.2 Å². The lowest BCUT2D eigenvalue weighted by atomic mass is 9.81. The molecule has 2 aliphatic heterocycles. The monoisotopic (exact) mass is 360 g/mol. The van der Waals surface area contributed by atoms with Crippen LogP contribution >= 0.6 is 0 Å². The van der Waals surface area contributed by atoms with Crippen LogP contribution in [-0.4, -0.2) is 65.3 Å². The van der Waals surface area contributed by atoms with E-state index in [2.05, 4.69) is 14.9 Å². The van der Waals surface area contributed by atoms with Crippen LogP contribution in [0.4, 0.5) is 5.95 Å². The van der Waals surface area contributed by atoms with E-state index in [0.29, 0.717) is 5.95 Å². The molecule has 1 aromatic heterocycles. The molecule has 0 bridgehead atoms. The SMILES string of the molecule is CC(=O)N(C)[C@H]1CCCN(c2ncc(B3OC(C)(C)C(C)(C)O3)cn2)C1. The highest BCUT2D eigenvalue weighted by atomic mass is 16.7. The second-order valence-corrected chi connectivity index (χ2v) is 8.28. The zero-order chi connectivity index (χ0) is 19.1. The summed E-state index contributed by atoms with van der Waals surface area (Å²) in [6.45, 7) is 11.4. The van der Waals surface area contributed by atoms with Crippen molar-refractivity contribution in [3.8, 4) is 0 Å². The van der Waals surface area contributed by atoms with E-state index < -0.39 is 7.12 Å². The first-order chi connectivity index (χ1) is 12.1. The normalized spacial score (nSPS) is 24.6. The minimum Gasteiger partial charge on any atom is -0.399 e. The summed E-state index contributed by atoms with van der Waals surface area (Å²) in [5.41, 5.74) is 0.0586. The predicted octanol–water partition coefficient (Wildman–Crippen LogP) is 1.22. The Bertz CT molecular complexity index is 649. The van der Waals surface area contributed by atoms with E-state index >= 15 is 0 Å². The number of likely N-dealkylation sites (N-methyl/N-ethyl adjacent to an activating group) is 1. The van der Waals surface area contributed by atoms with Crippen molar-refractivity contribution in [2.75, 3.05) is 25.0 Å². The van der Waals surface area contributed by atoms with E-state index in [-0.39, 0.29) is 23.2 Å². The number of carbonyl (C=O) groups is 1. The van der Waals surface area contributed by atoms with Crippen molar-refractivity contribution < 1.29 is 14.1 Å². The summed E-state index contributed by atoms with van der Waals surface area (Å²) >= 11 is 0. The molecule has 2 fully saturated rings. The van der Waals surface area contributed by atoms with Gasteiger partial charge >= 0.3 is 7.12 Å². The molecule has 0 radical (unpaired) electrons. The van der Waals surface area contributed by atoms with Crippen molar-refractivity contribution in [3.05, 3.63) is 12.4 Å². The largest absolute Gasteiger partial charge is 0.498 e. The number of amides is 1. The second-order valence-electron chi connectivity index (χ2n) is 8.28. The van der Waals surface area contributed by atoms with Gasteiger partial charge in [-0.05, 0) is 40.5 Å². The minimum absolute atomic E-state index is 0.0916. The Morgan fingerprint density at radius 1 is 1.23 bits per heavy atom. The molecule has 0 N–H and O–H groups in total. The number of anilines is 1. The lowest BCUT2D eigenvalue weighted by molar-refractivity contribution is -0.129. The van der Waals surface area contributed by atoms with Crippen LogP contribution in [0, 0.1) is 0 Å². The smallest absolute Gasteiger partial charge is 0.399 e. The number of hydrogen-bond donors (Lipinski definition) is 0. The Morgan fingerprint density at radius 2 is 1.81 bits per heavy atom. The number of carbonyl (C=O) groups excluding carboxylic acids is 1. The molecule has 0 unspecified atom stereocenters. The Balaban J connectivity index is 1.69. The fourth-order valence-corrected chi connectivity index (χ4v) is 3.30. The summed E-state index contributed by atoms with van der Waals surface area (Å²) in [6, 6.07) is 0.202. The van der Waals surface area contributed by atoms with Gasteiger partial charge in [-0.15, -0.1) is 0 Å². The number of rotatable bonds is 3. The maximum Gasteiger partial charge on any atom is 0.498 e. The van der Waals surface area contributed by atoms with Crippen LogP contribution < -0.4 is 10.4 Å². The molecular formula is C18H29BN4O3. The molecule has 1 amide bonds. The predicted molar refractivity (Wildman–Crippen MR) is 101 cm³/mol. The van der Waals surface area contributed by atoms with Crippen LogP contribution in [0.2, 0.25) is 0 Å². The van der Waals surface area contributed by atoms with Crippen molar-refractivity contribution in [1.82, 2.24) is 14.9 Å². The Morgan fingerprint density at radius 3 is 2.35 bits per heavy atom. The molecule has 8 heteroatoms. The summed E-state index contributed by atoms with van der Waals surface area (Å²) in [4.78, 5) is 24.6. The Hall–Kier alpha value is -1.67. The van der Waals surface area contributed by atoms with Crippen molar-refractivity contribution in [2.45, 2.75) is 64.7 Å². The van der Waals surface area contributed by atoms with Gasteiger partial charge in [-0.3, -0.25) is 4.79 Å². The van der Waals surface area contributed by atoms with Crippen LogP contribution in [0.5, 0.6) is 0 Å². The standard InChI is InChI=1S/C18H29BN4O3/c1-13(24)22(6)15-8-7-9-23(12-15)16-20-10-14(11-21-16)19-25-17(2,3)18(4,5)26-19/h10-11,15H,7-9,12H2,1-6H3/t15-/m0/s1. The van der Waals surface area contributed by atoms with Gasteiger partial charge < -0.3 is 19.1 Å². The van der Waals surface area contributed by atoms with Crippen molar-refractivity contribution in [1.29, 1.82) is 0 Å². The average Bonchev–Trinajstić information content (AvgIpc) is 2.82. The molecule has 1 atom stereocenters. The third-order valence-electron chi connectivity index (χ3n) is 5.91. The lowest BCUT2D eigenvalue weighted by Crippen LogP contribution is -2.48. The van der Waals surface area contributed by atoms with Crippen LogP contribution in [0.1, 0.15) is 47.5 Å². The molecule has 142 valence electrons. The van der Waals surface area contributed by atoms with Crippen LogP contribution in [0.25, 0.3) is 0 Å². The highest BCUT2D eigenvalue weighted by Gasteiger charge is 2.52. The summed E-state index contributed by atoms with van der Waals surface area (Å²) in [5.74, 6) is 0.779. The van der Waals surface area contributed by atoms with Gasteiger partial charge in [-0.25, -0.2) is 9.97 Å². The number of aromatic nitrogens is 2. The maximum atomic E-state index is 11.6. The Kier molecular flexibility index (Phi) is 5.01. The number of hydrogen-bond acceptors (Lipinski definition) is 6. The summed E-state index contributed by atoms with van der Waals surface area (Å²) in [5, 5.41) is 0. The molecule has 0 aliphatic carbocycles. The first-order valence-electron chi connectivity index (χ1n) is 9.26. The van der Waals surface area contributed by atoms with Crippen LogP contribution in [-0.2, 0) is 14.1 Å². The third-order valence-corrected chi connectivity index (χ3v) is 5.91. The van der Waals surface area contributed by atoms with E-state index in [4.69, 9.17) is 9.31 Å².